The van der Waals surface area contributed by atoms with Gasteiger partial charge in [-0.2, -0.15) is 12.6 Å². The summed E-state index contributed by atoms with van der Waals surface area (Å²) in [5.41, 5.74) is 0. The van der Waals surface area contributed by atoms with Gasteiger partial charge in [-0.1, -0.05) is 0 Å². The van der Waals surface area contributed by atoms with Gasteiger partial charge < -0.3 is 5.32 Å². The molecule has 0 saturated carbocycles. The molecular weight excluding hydrogens is 142 g/mol. The summed E-state index contributed by atoms with van der Waals surface area (Å²) >= 11 is 7.51. The van der Waals surface area contributed by atoms with Gasteiger partial charge in [0.2, 0.25) is 5.12 Å². The smallest absolute Gasteiger partial charge is 0.203 e. The minimum Gasteiger partial charge on any atom is -0.309 e. The maximum atomic E-state index is 10.4. The third-order valence-electron chi connectivity index (χ3n) is 0.829. The minimum absolute atomic E-state index is 0.164. The Morgan fingerprint density at radius 3 is 2.38 bits per heavy atom. The van der Waals surface area contributed by atoms with Gasteiger partial charge >= 0.3 is 0 Å². The zero-order valence-corrected chi connectivity index (χ0v) is 6.38. The van der Waals surface area contributed by atoms with E-state index in [0.29, 0.717) is 5.75 Å². The fourth-order valence-corrected chi connectivity index (χ4v) is 1.01. The molecule has 0 aromatic heterocycles. The van der Waals surface area contributed by atoms with Gasteiger partial charge in [0.05, 0.1) is 6.04 Å². The van der Waals surface area contributed by atoms with Gasteiger partial charge in [0.25, 0.3) is 0 Å². The quantitative estimate of drug-likeness (QED) is 0.494. The van der Waals surface area contributed by atoms with Crippen molar-refractivity contribution in [1.82, 2.24) is 5.32 Å². The van der Waals surface area contributed by atoms with Crippen molar-refractivity contribution in [3.05, 3.63) is 0 Å². The summed E-state index contributed by atoms with van der Waals surface area (Å²) in [7, 11) is 1.70. The molecule has 0 fully saturated rings. The Labute approximate surface area is 59.9 Å². The molecule has 2 nitrogen and oxygen atoms in total. The van der Waals surface area contributed by atoms with E-state index in [-0.39, 0.29) is 11.2 Å². The second-order valence-electron chi connectivity index (χ2n) is 1.36. The van der Waals surface area contributed by atoms with Gasteiger partial charge in [0, 0.05) is 5.75 Å². The van der Waals surface area contributed by atoms with Crippen molar-refractivity contribution in [3.63, 3.8) is 0 Å². The molecule has 1 N–H and O–H groups in total. The summed E-state index contributed by atoms with van der Waals surface area (Å²) in [4.78, 5) is 10.4. The van der Waals surface area contributed by atoms with Crippen LogP contribution in [0.2, 0.25) is 0 Å². The largest absolute Gasteiger partial charge is 0.309 e. The van der Waals surface area contributed by atoms with Gasteiger partial charge in [-0.15, -0.1) is 12.6 Å². The number of nitrogens with one attached hydrogen (secondary N) is 1. The van der Waals surface area contributed by atoms with Crippen molar-refractivity contribution >= 4 is 30.4 Å². The summed E-state index contributed by atoms with van der Waals surface area (Å²) in [5, 5.41) is 2.58. The molecule has 8 heavy (non-hydrogen) atoms. The average Bonchev–Trinajstić information content (AvgIpc) is 1.69. The zero-order chi connectivity index (χ0) is 6.57. The fraction of sp³-hybridized carbons (Fsp3) is 0.750. The number of rotatable bonds is 3. The number of hydrogen-bond acceptors (Lipinski definition) is 3. The molecule has 1 unspecified atom stereocenters. The molecule has 0 rings (SSSR count). The molecule has 0 aliphatic carbocycles. The molecule has 0 heterocycles. The molecule has 0 bridgehead atoms. The number of carbonyl (C=O) groups excluding carboxylic acids is 1. The summed E-state index contributed by atoms with van der Waals surface area (Å²) in [6.07, 6.45) is 0. The molecule has 0 amide bonds. The summed E-state index contributed by atoms with van der Waals surface area (Å²) in [6, 6.07) is -0.207. The van der Waals surface area contributed by atoms with E-state index in [9.17, 15) is 4.79 Å². The first kappa shape index (κ1) is 8.33. The Hall–Kier alpha value is 0.330. The van der Waals surface area contributed by atoms with Gasteiger partial charge in [0.15, 0.2) is 0 Å². The first-order valence-electron chi connectivity index (χ1n) is 2.23. The number of likely N-dealkylation sites (N-methyl/N-ethyl adjacent to an activating group) is 1. The zero-order valence-electron chi connectivity index (χ0n) is 4.59. The normalized spacial score (nSPS) is 13.4. The first-order chi connectivity index (χ1) is 3.72. The van der Waals surface area contributed by atoms with Crippen molar-refractivity contribution in [2.75, 3.05) is 12.8 Å². The molecule has 48 valence electrons. The average molecular weight is 151 g/mol. The van der Waals surface area contributed by atoms with Crippen molar-refractivity contribution in [1.29, 1.82) is 0 Å². The van der Waals surface area contributed by atoms with Crippen molar-refractivity contribution in [2.24, 2.45) is 0 Å². The molecule has 0 radical (unpaired) electrons. The number of carbonyl (C=O) groups is 1. The topological polar surface area (TPSA) is 29.1 Å². The molecule has 0 saturated heterocycles. The molecule has 4 heteroatoms. The predicted octanol–water partition coefficient (Wildman–Crippen LogP) is -0.0394. The predicted molar refractivity (Wildman–Crippen MR) is 40.7 cm³/mol. The third-order valence-corrected chi connectivity index (χ3v) is 1.51. The lowest BCUT2D eigenvalue weighted by Gasteiger charge is -2.05. The lowest BCUT2D eigenvalue weighted by Crippen LogP contribution is -2.32. The maximum Gasteiger partial charge on any atom is 0.203 e. The highest BCUT2D eigenvalue weighted by Crippen LogP contribution is 1.91. The number of hydrogen-bond donors (Lipinski definition) is 3. The SMILES string of the molecule is CNC(CS)C(=O)S. The van der Waals surface area contributed by atoms with Crippen molar-refractivity contribution in [3.8, 4) is 0 Å². The Kier molecular flexibility index (Phi) is 4.41. The monoisotopic (exact) mass is 151 g/mol. The van der Waals surface area contributed by atoms with E-state index >= 15 is 0 Å². The molecule has 0 spiro atoms. The molecule has 0 aliphatic heterocycles. The lowest BCUT2D eigenvalue weighted by molar-refractivity contribution is -0.112. The molecule has 0 aliphatic rings. The van der Waals surface area contributed by atoms with Gasteiger partial charge in [0.1, 0.15) is 0 Å². The van der Waals surface area contributed by atoms with E-state index in [0.717, 1.165) is 0 Å². The second kappa shape index (κ2) is 4.23. The second-order valence-corrected chi connectivity index (χ2v) is 2.17. The van der Waals surface area contributed by atoms with E-state index in [4.69, 9.17) is 0 Å². The Morgan fingerprint density at radius 2 is 2.38 bits per heavy atom. The first-order valence-corrected chi connectivity index (χ1v) is 3.31. The van der Waals surface area contributed by atoms with Crippen LogP contribution < -0.4 is 5.32 Å². The van der Waals surface area contributed by atoms with Gasteiger partial charge in [-0.3, -0.25) is 4.79 Å². The Balaban J connectivity index is 3.52. The van der Waals surface area contributed by atoms with Crippen LogP contribution in [-0.2, 0) is 4.79 Å². The van der Waals surface area contributed by atoms with Crippen LogP contribution in [0.4, 0.5) is 0 Å². The third kappa shape index (κ3) is 2.59. The van der Waals surface area contributed by atoms with Crippen molar-refractivity contribution in [2.45, 2.75) is 6.04 Å². The highest BCUT2D eigenvalue weighted by molar-refractivity contribution is 7.96. The summed E-state index contributed by atoms with van der Waals surface area (Å²) < 4.78 is 0. The van der Waals surface area contributed by atoms with Crippen LogP contribution in [-0.4, -0.2) is 24.0 Å². The lowest BCUT2D eigenvalue weighted by atomic mass is 10.4. The van der Waals surface area contributed by atoms with Crippen LogP contribution in [0.15, 0.2) is 0 Å². The minimum atomic E-state index is -0.207. The highest BCUT2D eigenvalue weighted by Gasteiger charge is 2.07. The number of thiol groups is 2. The van der Waals surface area contributed by atoms with Crippen LogP contribution >= 0.6 is 25.3 Å². The van der Waals surface area contributed by atoms with Crippen LogP contribution in [0.5, 0.6) is 0 Å². The van der Waals surface area contributed by atoms with E-state index in [2.05, 4.69) is 30.6 Å². The van der Waals surface area contributed by atoms with Gasteiger partial charge in [-0.25, -0.2) is 0 Å². The Bertz CT molecular complexity index is 82.1. The van der Waals surface area contributed by atoms with E-state index in [1.54, 1.807) is 7.05 Å². The summed E-state index contributed by atoms with van der Waals surface area (Å²) in [6.45, 7) is 0. The molecule has 1 atom stereocenters. The van der Waals surface area contributed by atoms with Crippen LogP contribution in [0.25, 0.3) is 0 Å². The van der Waals surface area contributed by atoms with E-state index < -0.39 is 0 Å². The van der Waals surface area contributed by atoms with Crippen molar-refractivity contribution < 1.29 is 4.79 Å². The Morgan fingerprint density at radius 1 is 1.88 bits per heavy atom. The summed E-state index contributed by atoms with van der Waals surface area (Å²) in [5.74, 6) is 0.499. The van der Waals surface area contributed by atoms with E-state index in [1.807, 2.05) is 0 Å². The molecule has 0 aromatic rings. The van der Waals surface area contributed by atoms with Gasteiger partial charge in [-0.05, 0) is 7.05 Å². The van der Waals surface area contributed by atoms with Crippen LogP contribution in [0, 0.1) is 0 Å². The van der Waals surface area contributed by atoms with E-state index in [1.165, 1.54) is 0 Å². The standard InChI is InChI=1S/C4H9NOS2/c1-5-3(2-7)4(6)8/h3,5,7H,2H2,1H3,(H,6,8). The highest BCUT2D eigenvalue weighted by atomic mass is 32.1. The fourth-order valence-electron chi connectivity index (χ4n) is 0.293. The van der Waals surface area contributed by atoms with Crippen LogP contribution in [0.3, 0.4) is 0 Å². The molecule has 0 aromatic carbocycles. The maximum absolute atomic E-state index is 10.4. The van der Waals surface area contributed by atoms with Crippen LogP contribution in [0.1, 0.15) is 0 Å². The molecular formula is C4H9NOS2.